The van der Waals surface area contributed by atoms with E-state index < -0.39 is 11.4 Å². The van der Waals surface area contributed by atoms with Gasteiger partial charge in [0.25, 0.3) is 5.91 Å². The van der Waals surface area contributed by atoms with Crippen molar-refractivity contribution >= 4 is 5.91 Å². The van der Waals surface area contributed by atoms with Crippen molar-refractivity contribution < 1.29 is 19.0 Å². The Morgan fingerprint density at radius 3 is 2.29 bits per heavy atom. The Balaban J connectivity index is 3.25. The molecule has 0 aliphatic carbocycles. The summed E-state index contributed by atoms with van der Waals surface area (Å²) in [5, 5.41) is 11.8. The third-order valence-electron chi connectivity index (χ3n) is 3.29. The number of amides is 1. The molecule has 1 unspecified atom stereocenters. The number of rotatable bonds is 6. The number of hydrogen-bond acceptors (Lipinski definition) is 5. The molecule has 0 aromatic heterocycles. The Bertz CT molecular complexity index is 566. The van der Waals surface area contributed by atoms with Gasteiger partial charge in [-0.25, -0.2) is 0 Å². The van der Waals surface area contributed by atoms with Crippen LogP contribution in [0.5, 0.6) is 17.2 Å². The molecule has 0 saturated carbocycles. The predicted octanol–water partition coefficient (Wildman–Crippen LogP) is 2.13. The van der Waals surface area contributed by atoms with E-state index in [9.17, 15) is 4.79 Å². The van der Waals surface area contributed by atoms with E-state index in [1.807, 2.05) is 6.92 Å². The molecule has 1 atom stereocenters. The van der Waals surface area contributed by atoms with Crippen LogP contribution in [-0.4, -0.2) is 32.8 Å². The van der Waals surface area contributed by atoms with Crippen LogP contribution in [0.3, 0.4) is 0 Å². The lowest BCUT2D eigenvalue weighted by Crippen LogP contribution is -2.44. The number of ether oxygens (including phenoxy) is 3. The number of methoxy groups -OCH3 is 3. The van der Waals surface area contributed by atoms with E-state index in [1.165, 1.54) is 21.3 Å². The highest BCUT2D eigenvalue weighted by Crippen LogP contribution is 2.39. The standard InChI is InChI=1S/C15H20N2O4/c1-6-15(2,9-16)17-14(18)10-7-8-11(19-3)13(21-5)12(10)20-4/h7-8H,6H2,1-5H3,(H,17,18). The molecule has 0 fully saturated rings. The normalized spacial score (nSPS) is 12.8. The maximum Gasteiger partial charge on any atom is 0.256 e. The summed E-state index contributed by atoms with van der Waals surface area (Å²) in [6, 6.07) is 5.28. The number of carbonyl (C=O) groups excluding carboxylic acids is 1. The summed E-state index contributed by atoms with van der Waals surface area (Å²) in [4.78, 5) is 12.4. The molecule has 1 amide bonds. The molecule has 1 aromatic carbocycles. The Labute approximate surface area is 124 Å². The monoisotopic (exact) mass is 292 g/mol. The van der Waals surface area contributed by atoms with Crippen molar-refractivity contribution in [3.63, 3.8) is 0 Å². The average Bonchev–Trinajstić information content (AvgIpc) is 2.52. The number of nitrogens with zero attached hydrogens (tertiary/aromatic N) is 1. The smallest absolute Gasteiger partial charge is 0.256 e. The van der Waals surface area contributed by atoms with Crippen molar-refractivity contribution in [1.29, 1.82) is 5.26 Å². The van der Waals surface area contributed by atoms with Crippen LogP contribution in [0.1, 0.15) is 30.6 Å². The lowest BCUT2D eigenvalue weighted by Gasteiger charge is -2.22. The molecule has 6 heteroatoms. The van der Waals surface area contributed by atoms with E-state index in [2.05, 4.69) is 11.4 Å². The number of nitrogens with one attached hydrogen (secondary N) is 1. The summed E-state index contributed by atoms with van der Waals surface area (Å²) >= 11 is 0. The van der Waals surface area contributed by atoms with Crippen molar-refractivity contribution in [3.8, 4) is 23.3 Å². The molecule has 0 bridgehead atoms. The van der Waals surface area contributed by atoms with Crippen molar-refractivity contribution in [1.82, 2.24) is 5.32 Å². The molecule has 0 aliphatic rings. The Hall–Kier alpha value is -2.42. The van der Waals surface area contributed by atoms with E-state index >= 15 is 0 Å². The quantitative estimate of drug-likeness (QED) is 0.868. The molecule has 1 N–H and O–H groups in total. The number of benzene rings is 1. The molecule has 1 rings (SSSR count). The second-order valence-corrected chi connectivity index (χ2v) is 4.63. The highest BCUT2D eigenvalue weighted by atomic mass is 16.5. The fraction of sp³-hybridized carbons (Fsp3) is 0.467. The van der Waals surface area contributed by atoms with Crippen molar-refractivity contribution in [2.24, 2.45) is 0 Å². The summed E-state index contributed by atoms with van der Waals surface area (Å²) in [5.41, 5.74) is -0.653. The fourth-order valence-corrected chi connectivity index (χ4v) is 1.79. The van der Waals surface area contributed by atoms with Crippen LogP contribution in [-0.2, 0) is 0 Å². The van der Waals surface area contributed by atoms with Gasteiger partial charge in [-0.3, -0.25) is 4.79 Å². The zero-order chi connectivity index (χ0) is 16.0. The van der Waals surface area contributed by atoms with Gasteiger partial charge in [-0.05, 0) is 25.5 Å². The molecule has 0 heterocycles. The van der Waals surface area contributed by atoms with Crippen LogP contribution < -0.4 is 19.5 Å². The van der Waals surface area contributed by atoms with Gasteiger partial charge >= 0.3 is 0 Å². The van der Waals surface area contributed by atoms with Gasteiger partial charge < -0.3 is 19.5 Å². The zero-order valence-corrected chi connectivity index (χ0v) is 12.9. The second kappa shape index (κ2) is 6.84. The lowest BCUT2D eigenvalue weighted by atomic mass is 10.00. The highest BCUT2D eigenvalue weighted by Gasteiger charge is 2.27. The van der Waals surface area contributed by atoms with Crippen LogP contribution in [0, 0.1) is 11.3 Å². The average molecular weight is 292 g/mol. The Morgan fingerprint density at radius 2 is 1.86 bits per heavy atom. The van der Waals surface area contributed by atoms with Crippen molar-refractivity contribution in [2.75, 3.05) is 21.3 Å². The van der Waals surface area contributed by atoms with Gasteiger partial charge in [0.05, 0.1) is 33.0 Å². The molecular weight excluding hydrogens is 272 g/mol. The molecule has 0 radical (unpaired) electrons. The molecule has 114 valence electrons. The lowest BCUT2D eigenvalue weighted by molar-refractivity contribution is 0.0919. The second-order valence-electron chi connectivity index (χ2n) is 4.63. The van der Waals surface area contributed by atoms with Crippen LogP contribution >= 0.6 is 0 Å². The summed E-state index contributed by atoms with van der Waals surface area (Å²) in [5.74, 6) is 0.664. The SMILES string of the molecule is CCC(C)(C#N)NC(=O)c1ccc(OC)c(OC)c1OC. The minimum Gasteiger partial charge on any atom is -0.493 e. The maximum atomic E-state index is 12.4. The summed E-state index contributed by atoms with van der Waals surface area (Å²) in [6.45, 7) is 3.49. The molecule has 21 heavy (non-hydrogen) atoms. The molecule has 6 nitrogen and oxygen atoms in total. The van der Waals surface area contributed by atoms with Gasteiger partial charge in [0, 0.05) is 0 Å². The zero-order valence-electron chi connectivity index (χ0n) is 12.9. The fourth-order valence-electron chi connectivity index (χ4n) is 1.79. The van der Waals surface area contributed by atoms with Gasteiger partial charge in [0.2, 0.25) is 5.75 Å². The van der Waals surface area contributed by atoms with Gasteiger partial charge in [0.15, 0.2) is 11.5 Å². The number of hydrogen-bond donors (Lipinski definition) is 1. The third-order valence-corrected chi connectivity index (χ3v) is 3.29. The molecule has 0 spiro atoms. The Morgan fingerprint density at radius 1 is 1.24 bits per heavy atom. The van der Waals surface area contributed by atoms with Gasteiger partial charge in [-0.15, -0.1) is 0 Å². The molecular formula is C15H20N2O4. The Kier molecular flexibility index (Phi) is 5.42. The van der Waals surface area contributed by atoms with Gasteiger partial charge in [0.1, 0.15) is 5.54 Å². The van der Waals surface area contributed by atoms with E-state index in [4.69, 9.17) is 19.5 Å². The molecule has 0 saturated heterocycles. The van der Waals surface area contributed by atoms with Crippen LogP contribution in [0.4, 0.5) is 0 Å². The van der Waals surface area contributed by atoms with Crippen molar-refractivity contribution in [2.45, 2.75) is 25.8 Å². The largest absolute Gasteiger partial charge is 0.493 e. The molecule has 1 aromatic rings. The first-order valence-corrected chi connectivity index (χ1v) is 6.49. The third kappa shape index (κ3) is 3.37. The first-order valence-electron chi connectivity index (χ1n) is 6.49. The van der Waals surface area contributed by atoms with Crippen LogP contribution in [0.15, 0.2) is 12.1 Å². The predicted molar refractivity (Wildman–Crippen MR) is 77.9 cm³/mol. The first kappa shape index (κ1) is 16.6. The number of carbonyl (C=O) groups is 1. The maximum absolute atomic E-state index is 12.4. The van der Waals surface area contributed by atoms with Crippen molar-refractivity contribution in [3.05, 3.63) is 17.7 Å². The topological polar surface area (TPSA) is 80.6 Å². The van der Waals surface area contributed by atoms with E-state index in [-0.39, 0.29) is 11.3 Å². The minimum atomic E-state index is -0.935. The number of nitriles is 1. The summed E-state index contributed by atoms with van der Waals surface area (Å²) in [7, 11) is 4.41. The van der Waals surface area contributed by atoms with E-state index in [0.717, 1.165) is 0 Å². The summed E-state index contributed by atoms with van der Waals surface area (Å²) < 4.78 is 15.7. The van der Waals surface area contributed by atoms with Gasteiger partial charge in [-0.2, -0.15) is 5.26 Å². The molecule has 0 aliphatic heterocycles. The minimum absolute atomic E-state index is 0.269. The highest BCUT2D eigenvalue weighted by molar-refractivity contribution is 5.99. The summed E-state index contributed by atoms with van der Waals surface area (Å²) in [6.07, 6.45) is 0.491. The first-order chi connectivity index (χ1) is 9.96. The van der Waals surface area contributed by atoms with Crippen LogP contribution in [0.2, 0.25) is 0 Å². The van der Waals surface area contributed by atoms with E-state index in [1.54, 1.807) is 19.1 Å². The van der Waals surface area contributed by atoms with Crippen LogP contribution in [0.25, 0.3) is 0 Å². The van der Waals surface area contributed by atoms with Gasteiger partial charge in [-0.1, -0.05) is 6.92 Å². The van der Waals surface area contributed by atoms with E-state index in [0.29, 0.717) is 17.9 Å².